The predicted octanol–water partition coefficient (Wildman–Crippen LogP) is 4.30. The second-order valence-electron chi connectivity index (χ2n) is 7.90. The fourth-order valence-electron chi connectivity index (χ4n) is 3.82. The van der Waals surface area contributed by atoms with Gasteiger partial charge in [-0.1, -0.05) is 60.7 Å². The summed E-state index contributed by atoms with van der Waals surface area (Å²) in [4.78, 5) is 42.7. The molecule has 3 aromatic carbocycles. The van der Waals surface area contributed by atoms with Crippen molar-refractivity contribution in [3.63, 3.8) is 0 Å². The number of carbonyl (C=O) groups is 2. The van der Waals surface area contributed by atoms with Crippen LogP contribution in [0, 0.1) is 10.1 Å². The molecule has 0 N–H and O–H groups in total. The van der Waals surface area contributed by atoms with Crippen molar-refractivity contribution in [2.75, 3.05) is 11.9 Å². The lowest BCUT2D eigenvalue weighted by molar-refractivity contribution is -0.384. The molecule has 0 fully saturated rings. The number of hydrogen-bond acceptors (Lipinski definition) is 6. The van der Waals surface area contributed by atoms with Gasteiger partial charge in [-0.05, 0) is 18.1 Å². The van der Waals surface area contributed by atoms with Gasteiger partial charge in [0.2, 0.25) is 0 Å². The van der Waals surface area contributed by atoms with Crippen LogP contribution >= 0.6 is 0 Å². The lowest BCUT2D eigenvalue weighted by Gasteiger charge is -2.20. The number of ether oxygens (including phenoxy) is 1. The molecule has 0 aromatic heterocycles. The average Bonchev–Trinajstić information content (AvgIpc) is 2.97. The van der Waals surface area contributed by atoms with E-state index in [9.17, 15) is 19.7 Å². The largest absolute Gasteiger partial charge is 0.461 e. The summed E-state index contributed by atoms with van der Waals surface area (Å²) in [6.07, 6.45) is 0.169. The average molecular weight is 457 g/mol. The number of rotatable bonds is 7. The molecule has 1 amide bonds. The number of carbonyl (C=O) groups excluding carboxylic acids is 2. The molecule has 0 unspecified atom stereocenters. The van der Waals surface area contributed by atoms with Crippen LogP contribution in [0.3, 0.4) is 0 Å². The van der Waals surface area contributed by atoms with Crippen molar-refractivity contribution in [1.82, 2.24) is 0 Å². The van der Waals surface area contributed by atoms with Gasteiger partial charge in [-0.15, -0.1) is 0 Å². The molecule has 4 rings (SSSR count). The van der Waals surface area contributed by atoms with Gasteiger partial charge in [-0.2, -0.15) is 0 Å². The van der Waals surface area contributed by atoms with Gasteiger partial charge >= 0.3 is 5.97 Å². The van der Waals surface area contributed by atoms with Crippen LogP contribution in [-0.4, -0.2) is 35.6 Å². The normalized spacial score (nSPS) is 15.2. The van der Waals surface area contributed by atoms with Crippen LogP contribution in [0.25, 0.3) is 0 Å². The van der Waals surface area contributed by atoms with Crippen molar-refractivity contribution < 1.29 is 19.2 Å². The Balaban J connectivity index is 1.61. The highest BCUT2D eigenvalue weighted by Gasteiger charge is 2.31. The number of benzene rings is 3. The van der Waals surface area contributed by atoms with E-state index in [1.165, 1.54) is 17.0 Å². The first kappa shape index (κ1) is 22.8. The number of esters is 1. The number of benzodiazepines with no additional fused rings is 1. The zero-order valence-corrected chi connectivity index (χ0v) is 18.6. The SMILES string of the molecule is CN1C(=O)[C@H](CCC(=O)OCc2ccccc2)N=C(c2ccccc2)c2cc([N+](=O)[O-])ccc21. The first-order chi connectivity index (χ1) is 16.4. The van der Waals surface area contributed by atoms with Gasteiger partial charge < -0.3 is 9.64 Å². The van der Waals surface area contributed by atoms with E-state index in [0.29, 0.717) is 17.0 Å². The number of anilines is 1. The Kier molecular flexibility index (Phi) is 6.77. The Morgan fingerprint density at radius 3 is 2.41 bits per heavy atom. The van der Waals surface area contributed by atoms with Gasteiger partial charge in [0, 0.05) is 36.7 Å². The summed E-state index contributed by atoms with van der Waals surface area (Å²) in [5.74, 6) is -0.718. The molecule has 3 aromatic rings. The minimum Gasteiger partial charge on any atom is -0.461 e. The Labute approximate surface area is 196 Å². The number of amides is 1. The van der Waals surface area contributed by atoms with Crippen LogP contribution in [0.2, 0.25) is 0 Å². The van der Waals surface area contributed by atoms with E-state index in [-0.39, 0.29) is 31.0 Å². The molecule has 0 bridgehead atoms. The van der Waals surface area contributed by atoms with Crippen LogP contribution < -0.4 is 4.90 Å². The van der Waals surface area contributed by atoms with Crippen molar-refractivity contribution in [2.45, 2.75) is 25.5 Å². The molecule has 0 spiro atoms. The van der Waals surface area contributed by atoms with Crippen LogP contribution in [0.5, 0.6) is 0 Å². The molecule has 1 heterocycles. The fraction of sp³-hybridized carbons (Fsp3) is 0.192. The molecule has 0 radical (unpaired) electrons. The van der Waals surface area contributed by atoms with E-state index in [2.05, 4.69) is 0 Å². The monoisotopic (exact) mass is 457 g/mol. The van der Waals surface area contributed by atoms with E-state index in [4.69, 9.17) is 9.73 Å². The third-order valence-electron chi connectivity index (χ3n) is 5.62. The maximum absolute atomic E-state index is 13.2. The molecular weight excluding hydrogens is 434 g/mol. The van der Waals surface area contributed by atoms with Crippen molar-refractivity contribution >= 4 is 29.0 Å². The maximum atomic E-state index is 13.2. The number of non-ortho nitro benzene ring substituents is 1. The topological polar surface area (TPSA) is 102 Å². The minimum atomic E-state index is -0.837. The Bertz CT molecular complexity index is 1240. The van der Waals surface area contributed by atoms with Crippen molar-refractivity contribution in [2.24, 2.45) is 4.99 Å². The third-order valence-corrected chi connectivity index (χ3v) is 5.62. The number of aliphatic imine (C=N–C) groups is 1. The molecule has 34 heavy (non-hydrogen) atoms. The molecule has 8 heteroatoms. The number of nitro groups is 1. The van der Waals surface area contributed by atoms with Gasteiger partial charge in [0.05, 0.1) is 16.3 Å². The smallest absolute Gasteiger partial charge is 0.306 e. The third kappa shape index (κ3) is 5.01. The fourth-order valence-corrected chi connectivity index (χ4v) is 3.82. The summed E-state index contributed by atoms with van der Waals surface area (Å²) < 4.78 is 5.34. The van der Waals surface area contributed by atoms with E-state index < -0.39 is 16.9 Å². The standard InChI is InChI=1S/C26H23N3O5/c1-28-23-14-12-20(29(32)33)16-21(23)25(19-10-6-3-7-11-19)27-22(26(28)31)13-15-24(30)34-17-18-8-4-2-5-9-18/h2-12,14,16,22H,13,15,17H2,1H3/t22-/m0/s1. The van der Waals surface area contributed by atoms with E-state index in [0.717, 1.165) is 11.1 Å². The number of fused-ring (bicyclic) bond motifs is 1. The van der Waals surface area contributed by atoms with E-state index in [1.54, 1.807) is 13.1 Å². The number of nitrogens with zero attached hydrogens (tertiary/aromatic N) is 3. The summed E-state index contributed by atoms with van der Waals surface area (Å²) in [6, 6.07) is 22.1. The lowest BCUT2D eigenvalue weighted by Crippen LogP contribution is -2.35. The summed E-state index contributed by atoms with van der Waals surface area (Å²) in [5.41, 5.74) is 3.00. The molecular formula is C26H23N3O5. The zero-order chi connectivity index (χ0) is 24.1. The van der Waals surface area contributed by atoms with Gasteiger partial charge in [0.25, 0.3) is 11.6 Å². The van der Waals surface area contributed by atoms with Crippen LogP contribution in [-0.2, 0) is 20.9 Å². The van der Waals surface area contributed by atoms with Crippen molar-refractivity contribution in [3.8, 4) is 0 Å². The maximum Gasteiger partial charge on any atom is 0.306 e. The first-order valence-electron chi connectivity index (χ1n) is 10.8. The summed E-state index contributed by atoms with van der Waals surface area (Å²) >= 11 is 0. The molecule has 0 saturated carbocycles. The second-order valence-corrected chi connectivity index (χ2v) is 7.90. The molecule has 0 saturated heterocycles. The Morgan fingerprint density at radius 1 is 1.06 bits per heavy atom. The molecule has 8 nitrogen and oxygen atoms in total. The molecule has 1 aliphatic heterocycles. The summed E-state index contributed by atoms with van der Waals surface area (Å²) in [7, 11) is 1.61. The quantitative estimate of drug-likeness (QED) is 0.299. The van der Waals surface area contributed by atoms with Crippen LogP contribution in [0.15, 0.2) is 83.9 Å². The van der Waals surface area contributed by atoms with Crippen LogP contribution in [0.4, 0.5) is 11.4 Å². The first-order valence-corrected chi connectivity index (χ1v) is 10.8. The van der Waals surface area contributed by atoms with Crippen molar-refractivity contribution in [1.29, 1.82) is 0 Å². The van der Waals surface area contributed by atoms with Crippen molar-refractivity contribution in [3.05, 3.63) is 106 Å². The predicted molar refractivity (Wildman–Crippen MR) is 128 cm³/mol. The molecule has 0 aliphatic carbocycles. The summed E-state index contributed by atoms with van der Waals surface area (Å²) in [5, 5.41) is 11.4. The second kappa shape index (κ2) is 10.1. The van der Waals surface area contributed by atoms with E-state index >= 15 is 0 Å². The highest BCUT2D eigenvalue weighted by molar-refractivity contribution is 6.20. The molecule has 1 atom stereocenters. The minimum absolute atomic E-state index is 0.0130. The van der Waals surface area contributed by atoms with Gasteiger partial charge in [0.1, 0.15) is 12.6 Å². The molecule has 172 valence electrons. The Hall–Kier alpha value is -4.33. The van der Waals surface area contributed by atoms with Gasteiger partial charge in [-0.25, -0.2) is 0 Å². The van der Waals surface area contributed by atoms with Crippen LogP contribution in [0.1, 0.15) is 29.5 Å². The van der Waals surface area contributed by atoms with Gasteiger partial charge in [0.15, 0.2) is 0 Å². The van der Waals surface area contributed by atoms with E-state index in [1.807, 2.05) is 60.7 Å². The molecule has 1 aliphatic rings. The van der Waals surface area contributed by atoms with Gasteiger partial charge in [-0.3, -0.25) is 24.7 Å². The number of hydrogen-bond donors (Lipinski definition) is 0. The highest BCUT2D eigenvalue weighted by Crippen LogP contribution is 2.31. The highest BCUT2D eigenvalue weighted by atomic mass is 16.6. The lowest BCUT2D eigenvalue weighted by atomic mass is 9.99. The Morgan fingerprint density at radius 2 is 1.74 bits per heavy atom. The zero-order valence-electron chi connectivity index (χ0n) is 18.6. The number of nitro benzene ring substituents is 1. The summed E-state index contributed by atoms with van der Waals surface area (Å²) in [6.45, 7) is 0.159. The number of likely N-dealkylation sites (N-methyl/N-ethyl adjacent to an activating group) is 1.